The fourth-order valence-corrected chi connectivity index (χ4v) is 10.6. The fourth-order valence-electron chi connectivity index (χ4n) is 10.6. The highest BCUT2D eigenvalue weighted by atomic mass is 15.0. The zero-order chi connectivity index (χ0) is 36.6. The van der Waals surface area contributed by atoms with Gasteiger partial charge in [0.15, 0.2) is 0 Å². The molecule has 0 atom stereocenters. The third kappa shape index (κ3) is 3.75. The van der Waals surface area contributed by atoms with Gasteiger partial charge >= 0.3 is 0 Å². The van der Waals surface area contributed by atoms with E-state index in [-0.39, 0.29) is 0 Å². The van der Waals surface area contributed by atoms with Crippen LogP contribution in [0.1, 0.15) is 5.56 Å². The molecule has 0 aliphatic rings. The van der Waals surface area contributed by atoms with Gasteiger partial charge in [0, 0.05) is 16.5 Å². The number of aromatic nitrogens is 1. The third-order valence-electron chi connectivity index (χ3n) is 12.8. The maximum absolute atomic E-state index is 2.53. The Labute approximate surface area is 322 Å². The molecule has 0 spiro atoms. The molecule has 0 N–H and O–H groups in total. The first-order valence-corrected chi connectivity index (χ1v) is 19.6. The number of rotatable bonds is 3. The summed E-state index contributed by atoms with van der Waals surface area (Å²) >= 11 is 0. The molecule has 1 heteroatoms. The first-order chi connectivity index (χ1) is 27.8. The summed E-state index contributed by atoms with van der Waals surface area (Å²) in [6.45, 7) is 2.23. The maximum atomic E-state index is 2.53. The van der Waals surface area contributed by atoms with Gasteiger partial charge in [-0.2, -0.15) is 0 Å². The summed E-state index contributed by atoms with van der Waals surface area (Å²) in [6, 6.07) is 68.1. The second-order valence-electron chi connectivity index (χ2n) is 15.5. The lowest BCUT2D eigenvalue weighted by atomic mass is 9.84. The lowest BCUT2D eigenvalue weighted by Crippen LogP contribution is -1.96. The molecule has 1 heterocycles. The van der Waals surface area contributed by atoms with Crippen LogP contribution >= 0.6 is 0 Å². The Bertz CT molecular complexity index is 3740. The van der Waals surface area contributed by atoms with Crippen LogP contribution in [0.5, 0.6) is 0 Å². The minimum absolute atomic E-state index is 1.22. The monoisotopic (exact) mass is 707 g/mol. The molecule has 0 saturated heterocycles. The summed E-state index contributed by atoms with van der Waals surface area (Å²) in [6.07, 6.45) is 0. The maximum Gasteiger partial charge on any atom is 0.0553 e. The normalized spacial score (nSPS) is 12.4. The van der Waals surface area contributed by atoms with Crippen molar-refractivity contribution in [2.45, 2.75) is 6.92 Å². The van der Waals surface area contributed by atoms with E-state index in [4.69, 9.17) is 0 Å². The Morgan fingerprint density at radius 1 is 0.286 bits per heavy atom. The average Bonchev–Trinajstić information content (AvgIpc) is 3.88. The zero-order valence-corrected chi connectivity index (χ0v) is 30.8. The summed E-state index contributed by atoms with van der Waals surface area (Å²) in [7, 11) is 0. The highest BCUT2D eigenvalue weighted by Gasteiger charge is 2.28. The van der Waals surface area contributed by atoms with Gasteiger partial charge in [-0.25, -0.2) is 0 Å². The molecule has 0 unspecified atom stereocenters. The summed E-state index contributed by atoms with van der Waals surface area (Å²) in [4.78, 5) is 0. The van der Waals surface area contributed by atoms with Crippen LogP contribution < -0.4 is 0 Å². The second kappa shape index (κ2) is 10.9. The quantitative estimate of drug-likeness (QED) is 0.161. The van der Waals surface area contributed by atoms with Gasteiger partial charge in [0.1, 0.15) is 0 Å². The van der Waals surface area contributed by atoms with E-state index < -0.39 is 0 Å². The lowest BCUT2D eigenvalue weighted by Gasteiger charge is -2.19. The summed E-state index contributed by atoms with van der Waals surface area (Å²) in [5.74, 6) is 0. The lowest BCUT2D eigenvalue weighted by molar-refractivity contribution is 1.15. The van der Waals surface area contributed by atoms with Gasteiger partial charge in [-0.1, -0.05) is 158 Å². The van der Waals surface area contributed by atoms with Crippen LogP contribution in [-0.4, -0.2) is 4.57 Å². The summed E-state index contributed by atoms with van der Waals surface area (Å²) < 4.78 is 2.51. The molecule has 0 aliphatic heterocycles. The van der Waals surface area contributed by atoms with Crippen LogP contribution in [-0.2, 0) is 0 Å². The average molecular weight is 708 g/mol. The molecule has 0 amide bonds. The Morgan fingerprint density at radius 3 is 1.54 bits per heavy atom. The number of aryl methyl sites for hydroxylation is 1. The van der Waals surface area contributed by atoms with Gasteiger partial charge < -0.3 is 4.57 Å². The van der Waals surface area contributed by atoms with Gasteiger partial charge in [-0.3, -0.25) is 0 Å². The van der Waals surface area contributed by atoms with Gasteiger partial charge in [-0.05, 0) is 134 Å². The standard InChI is InChI=1S/C55H33N/c1-32-16-8-12-28-45(32)56-46-29-13-11-23-38(46)52-39-25-15-27-41-51(39)44(31-47(52)56)55-49(34-19-6-3-7-20-34)53-40-26-14-24-37-35-21-9-10-22-36(35)42(50(37)40)30-43(53)48(54(41)55)33-17-4-2-5-18-33/h2-31H,1H3. The van der Waals surface area contributed by atoms with Gasteiger partial charge in [0.05, 0.1) is 11.0 Å². The van der Waals surface area contributed by atoms with Crippen molar-refractivity contribution in [3.8, 4) is 27.9 Å². The van der Waals surface area contributed by atoms with Crippen LogP contribution in [0, 0.1) is 6.92 Å². The van der Waals surface area contributed by atoms with Crippen molar-refractivity contribution in [3.05, 3.63) is 188 Å². The van der Waals surface area contributed by atoms with Gasteiger partial charge in [0.2, 0.25) is 0 Å². The van der Waals surface area contributed by atoms with E-state index in [9.17, 15) is 0 Å². The van der Waals surface area contributed by atoms with Crippen molar-refractivity contribution in [2.24, 2.45) is 0 Å². The Hall–Kier alpha value is -7.22. The topological polar surface area (TPSA) is 4.93 Å². The summed E-state index contributed by atoms with van der Waals surface area (Å²) in [5.41, 5.74) is 10.1. The highest BCUT2D eigenvalue weighted by Crippen LogP contribution is 2.55. The van der Waals surface area contributed by atoms with Crippen LogP contribution in [0.2, 0.25) is 0 Å². The molecular formula is C55H33N. The van der Waals surface area contributed by atoms with Crippen molar-refractivity contribution in [2.75, 3.05) is 0 Å². The smallest absolute Gasteiger partial charge is 0.0553 e. The van der Waals surface area contributed by atoms with Crippen molar-refractivity contribution < 1.29 is 0 Å². The van der Waals surface area contributed by atoms with Crippen molar-refractivity contribution in [3.63, 3.8) is 0 Å². The first kappa shape index (κ1) is 30.1. The SMILES string of the molecule is Cc1ccccc1-n1c2ccccc2c2c3cccc4c5c(-c6ccccc6)c6cc7c8ccccc8c8cccc(c6c(-c6ccccc6)c5c(cc21)c43)c87. The van der Waals surface area contributed by atoms with Crippen LogP contribution in [0.3, 0.4) is 0 Å². The molecule has 12 aromatic carbocycles. The van der Waals surface area contributed by atoms with E-state index in [1.165, 1.54) is 131 Å². The molecule has 0 radical (unpaired) electrons. The number of nitrogens with zero attached hydrogens (tertiary/aromatic N) is 1. The molecule has 0 fully saturated rings. The molecular weight excluding hydrogens is 675 g/mol. The Balaban J connectivity index is 1.37. The van der Waals surface area contributed by atoms with E-state index in [1.807, 2.05) is 0 Å². The van der Waals surface area contributed by atoms with Crippen molar-refractivity contribution in [1.29, 1.82) is 0 Å². The zero-order valence-electron chi connectivity index (χ0n) is 30.8. The minimum atomic E-state index is 1.22. The van der Waals surface area contributed by atoms with E-state index in [0.29, 0.717) is 0 Å². The second-order valence-corrected chi connectivity index (χ2v) is 15.5. The summed E-state index contributed by atoms with van der Waals surface area (Å²) in [5, 5.41) is 21.1. The van der Waals surface area contributed by atoms with E-state index in [0.717, 1.165) is 0 Å². The molecule has 56 heavy (non-hydrogen) atoms. The number of hydrogen-bond donors (Lipinski definition) is 0. The molecule has 258 valence electrons. The minimum Gasteiger partial charge on any atom is -0.309 e. The van der Waals surface area contributed by atoms with E-state index in [2.05, 4.69) is 193 Å². The van der Waals surface area contributed by atoms with Gasteiger partial charge in [0.25, 0.3) is 0 Å². The molecule has 13 aromatic rings. The van der Waals surface area contributed by atoms with Crippen molar-refractivity contribution in [1.82, 2.24) is 4.57 Å². The Kier molecular flexibility index (Phi) is 5.89. The molecule has 0 aliphatic carbocycles. The van der Waals surface area contributed by atoms with Crippen LogP contribution in [0.4, 0.5) is 0 Å². The van der Waals surface area contributed by atoms with E-state index >= 15 is 0 Å². The third-order valence-corrected chi connectivity index (χ3v) is 12.8. The molecule has 0 bridgehead atoms. The predicted molar refractivity (Wildman–Crippen MR) is 241 cm³/mol. The molecule has 1 nitrogen and oxygen atoms in total. The fraction of sp³-hybridized carbons (Fsp3) is 0.0182. The Morgan fingerprint density at radius 2 is 0.804 bits per heavy atom. The predicted octanol–water partition coefficient (Wildman–Crippen LogP) is 15.4. The number of hydrogen-bond acceptors (Lipinski definition) is 0. The number of fused-ring (bicyclic) bond motifs is 12. The number of para-hydroxylation sites is 2. The van der Waals surface area contributed by atoms with Crippen LogP contribution in [0.15, 0.2) is 182 Å². The van der Waals surface area contributed by atoms with E-state index in [1.54, 1.807) is 0 Å². The first-order valence-electron chi connectivity index (χ1n) is 19.6. The van der Waals surface area contributed by atoms with Gasteiger partial charge in [-0.15, -0.1) is 0 Å². The molecule has 0 saturated carbocycles. The van der Waals surface area contributed by atoms with Crippen molar-refractivity contribution >= 4 is 97.2 Å². The number of benzene rings is 10. The molecule has 1 aromatic heterocycles. The van der Waals surface area contributed by atoms with Crippen LogP contribution in [0.25, 0.3) is 125 Å². The highest BCUT2D eigenvalue weighted by molar-refractivity contribution is 6.46. The largest absolute Gasteiger partial charge is 0.309 e. The molecule has 13 rings (SSSR count).